The quantitative estimate of drug-likeness (QED) is 0.491. The van der Waals surface area contributed by atoms with Crippen molar-refractivity contribution in [2.75, 3.05) is 0 Å². The first-order valence-electron chi connectivity index (χ1n) is 3.63. The van der Waals surface area contributed by atoms with Gasteiger partial charge in [0.1, 0.15) is 5.78 Å². The van der Waals surface area contributed by atoms with E-state index in [9.17, 15) is 14.9 Å². The molecule has 0 atom stereocenters. The first-order chi connectivity index (χ1) is 6.09. The summed E-state index contributed by atoms with van der Waals surface area (Å²) < 4.78 is 0. The van der Waals surface area contributed by atoms with Crippen molar-refractivity contribution in [3.05, 3.63) is 16.3 Å². The second-order valence-corrected chi connectivity index (χ2v) is 2.51. The van der Waals surface area contributed by atoms with Crippen molar-refractivity contribution in [1.29, 1.82) is 0 Å². The van der Waals surface area contributed by atoms with Gasteiger partial charge in [0, 0.05) is 6.42 Å². The number of nitrogens with zero attached hydrogens (tertiary/aromatic N) is 4. The molecule has 0 N–H and O–H groups in total. The van der Waals surface area contributed by atoms with Gasteiger partial charge < -0.3 is 10.1 Å². The first-order valence-corrected chi connectivity index (χ1v) is 3.63. The zero-order chi connectivity index (χ0) is 9.84. The molecule has 0 spiro atoms. The Morgan fingerprint density at radius 1 is 1.77 bits per heavy atom. The Hall–Kier alpha value is -1.79. The number of ketones is 1. The van der Waals surface area contributed by atoms with Crippen LogP contribution in [-0.4, -0.2) is 25.7 Å². The number of hydrogen-bond donors (Lipinski definition) is 0. The average molecular weight is 184 g/mol. The highest BCUT2D eigenvalue weighted by atomic mass is 16.6. The topological polar surface area (TPSA) is 90.9 Å². The first kappa shape index (κ1) is 9.30. The van der Waals surface area contributed by atoms with Crippen molar-refractivity contribution in [2.24, 2.45) is 0 Å². The standard InChI is InChI=1S/C6H8N4O3/c1-5(11)2-3-9-7-4-6(8-9)10(12)13/h4H,2-3H2,1H3. The van der Waals surface area contributed by atoms with Crippen molar-refractivity contribution >= 4 is 11.6 Å². The molecule has 0 amide bonds. The molecule has 1 rings (SSSR count). The summed E-state index contributed by atoms with van der Waals surface area (Å²) in [7, 11) is 0. The summed E-state index contributed by atoms with van der Waals surface area (Å²) in [6.07, 6.45) is 1.34. The zero-order valence-electron chi connectivity index (χ0n) is 7.01. The van der Waals surface area contributed by atoms with Gasteiger partial charge in [0.15, 0.2) is 6.20 Å². The summed E-state index contributed by atoms with van der Waals surface area (Å²) >= 11 is 0. The number of rotatable bonds is 4. The molecule has 0 bridgehead atoms. The molecule has 0 radical (unpaired) electrons. The minimum absolute atomic E-state index is 0.0000435. The molecule has 13 heavy (non-hydrogen) atoms. The smallest absolute Gasteiger partial charge is 0.358 e. The highest BCUT2D eigenvalue weighted by Crippen LogP contribution is 2.02. The van der Waals surface area contributed by atoms with Gasteiger partial charge in [0.05, 0.1) is 11.6 Å². The number of aryl methyl sites for hydroxylation is 1. The van der Waals surface area contributed by atoms with E-state index in [0.717, 1.165) is 11.0 Å². The van der Waals surface area contributed by atoms with E-state index in [4.69, 9.17) is 0 Å². The van der Waals surface area contributed by atoms with Crippen LogP contribution in [0, 0.1) is 10.1 Å². The third kappa shape index (κ3) is 2.62. The van der Waals surface area contributed by atoms with Crippen LogP contribution in [0.3, 0.4) is 0 Å². The molecule has 7 heteroatoms. The Morgan fingerprint density at radius 3 is 2.92 bits per heavy atom. The monoisotopic (exact) mass is 184 g/mol. The van der Waals surface area contributed by atoms with Crippen molar-refractivity contribution in [2.45, 2.75) is 19.9 Å². The molecule has 0 fully saturated rings. The third-order valence-electron chi connectivity index (χ3n) is 1.38. The fraction of sp³-hybridized carbons (Fsp3) is 0.500. The maximum Gasteiger partial charge on any atom is 0.410 e. The maximum atomic E-state index is 10.6. The molecule has 0 unspecified atom stereocenters. The molecule has 1 heterocycles. The lowest BCUT2D eigenvalue weighted by atomic mass is 10.3. The van der Waals surface area contributed by atoms with Crippen LogP contribution in [0.1, 0.15) is 13.3 Å². The van der Waals surface area contributed by atoms with Gasteiger partial charge in [-0.05, 0) is 11.8 Å². The molecule has 0 aromatic carbocycles. The van der Waals surface area contributed by atoms with Crippen molar-refractivity contribution in [3.63, 3.8) is 0 Å². The van der Waals surface area contributed by atoms with Gasteiger partial charge in [0.25, 0.3) is 0 Å². The number of carbonyl (C=O) groups excluding carboxylic acids is 1. The molecule has 0 aliphatic carbocycles. The van der Waals surface area contributed by atoms with E-state index >= 15 is 0 Å². The summed E-state index contributed by atoms with van der Waals surface area (Å²) in [5, 5.41) is 17.3. The fourth-order valence-corrected chi connectivity index (χ4v) is 0.737. The van der Waals surface area contributed by atoms with E-state index in [1.807, 2.05) is 0 Å². The van der Waals surface area contributed by atoms with Crippen LogP contribution in [0.25, 0.3) is 0 Å². The molecule has 0 aliphatic heterocycles. The molecule has 0 saturated carbocycles. The summed E-state index contributed by atoms with van der Waals surface area (Å²) in [4.78, 5) is 21.2. The van der Waals surface area contributed by atoms with Gasteiger partial charge in [-0.25, -0.2) is 0 Å². The van der Waals surface area contributed by atoms with Crippen LogP contribution < -0.4 is 0 Å². The van der Waals surface area contributed by atoms with Gasteiger partial charge in [0.2, 0.25) is 0 Å². The van der Waals surface area contributed by atoms with Crippen LogP contribution in [0.15, 0.2) is 6.20 Å². The Bertz CT molecular complexity index is 332. The predicted molar refractivity (Wildman–Crippen MR) is 42.0 cm³/mol. The molecule has 1 aromatic rings. The van der Waals surface area contributed by atoms with Crippen LogP contribution in [-0.2, 0) is 11.3 Å². The second kappa shape index (κ2) is 3.74. The Kier molecular flexibility index (Phi) is 2.68. The van der Waals surface area contributed by atoms with E-state index in [0.29, 0.717) is 0 Å². The lowest BCUT2D eigenvalue weighted by Gasteiger charge is -1.89. The van der Waals surface area contributed by atoms with E-state index in [1.54, 1.807) is 0 Å². The van der Waals surface area contributed by atoms with Crippen LogP contribution >= 0.6 is 0 Å². The number of nitro groups is 1. The summed E-state index contributed by atoms with van der Waals surface area (Å²) in [5.74, 6) is -0.302. The third-order valence-corrected chi connectivity index (χ3v) is 1.38. The van der Waals surface area contributed by atoms with Crippen LogP contribution in [0.5, 0.6) is 0 Å². The predicted octanol–water partition coefficient (Wildman–Crippen LogP) is 0.165. The normalized spacial score (nSPS) is 9.92. The van der Waals surface area contributed by atoms with Crippen LogP contribution in [0.4, 0.5) is 5.82 Å². The molecule has 1 aromatic heterocycles. The summed E-state index contributed by atoms with van der Waals surface area (Å²) in [6.45, 7) is 1.72. The lowest BCUT2D eigenvalue weighted by Crippen LogP contribution is -2.06. The van der Waals surface area contributed by atoms with Crippen molar-refractivity contribution in [1.82, 2.24) is 15.0 Å². The molecule has 0 saturated heterocycles. The van der Waals surface area contributed by atoms with E-state index in [1.165, 1.54) is 6.92 Å². The van der Waals surface area contributed by atoms with Gasteiger partial charge in [-0.3, -0.25) is 4.79 Å². The molecular formula is C6H8N4O3. The highest BCUT2D eigenvalue weighted by molar-refractivity contribution is 5.75. The molecule has 7 nitrogen and oxygen atoms in total. The van der Waals surface area contributed by atoms with E-state index in [2.05, 4.69) is 10.2 Å². The van der Waals surface area contributed by atoms with E-state index in [-0.39, 0.29) is 24.6 Å². The summed E-state index contributed by atoms with van der Waals surface area (Å²) in [6, 6.07) is 0. The van der Waals surface area contributed by atoms with Gasteiger partial charge in [-0.2, -0.15) is 0 Å². The van der Waals surface area contributed by atoms with Gasteiger partial charge >= 0.3 is 5.82 Å². The number of carbonyl (C=O) groups is 1. The van der Waals surface area contributed by atoms with Crippen LogP contribution in [0.2, 0.25) is 0 Å². The SMILES string of the molecule is CC(=O)CCn1ncc([N+](=O)[O-])n1. The van der Waals surface area contributed by atoms with Crippen molar-refractivity contribution in [3.8, 4) is 0 Å². The number of hydrogen-bond acceptors (Lipinski definition) is 5. The average Bonchev–Trinajstić information content (AvgIpc) is 2.48. The number of Topliss-reactive ketones (excluding diaryl/α,β-unsaturated/α-hetero) is 1. The fourth-order valence-electron chi connectivity index (χ4n) is 0.737. The molecule has 70 valence electrons. The Morgan fingerprint density at radius 2 is 2.46 bits per heavy atom. The largest absolute Gasteiger partial charge is 0.410 e. The molecule has 0 aliphatic rings. The Balaban J connectivity index is 2.59. The lowest BCUT2D eigenvalue weighted by molar-refractivity contribution is -0.389. The maximum absolute atomic E-state index is 10.6. The second-order valence-electron chi connectivity index (χ2n) is 2.51. The number of aromatic nitrogens is 3. The Labute approximate surface area is 73.5 Å². The van der Waals surface area contributed by atoms with E-state index < -0.39 is 4.92 Å². The van der Waals surface area contributed by atoms with Crippen molar-refractivity contribution < 1.29 is 9.72 Å². The zero-order valence-corrected chi connectivity index (χ0v) is 7.01. The highest BCUT2D eigenvalue weighted by Gasteiger charge is 2.12. The summed E-state index contributed by atoms with van der Waals surface area (Å²) in [5.41, 5.74) is 0. The van der Waals surface area contributed by atoms with Gasteiger partial charge in [-0.1, -0.05) is 4.80 Å². The molecular weight excluding hydrogens is 176 g/mol. The minimum Gasteiger partial charge on any atom is -0.358 e. The minimum atomic E-state index is -0.628. The van der Waals surface area contributed by atoms with Gasteiger partial charge in [-0.15, -0.1) is 5.10 Å².